The molecule has 0 radical (unpaired) electrons. The molecule has 0 saturated carbocycles. The Morgan fingerprint density at radius 2 is 2.00 bits per heavy atom. The molecule has 1 saturated heterocycles. The van der Waals surface area contributed by atoms with Gasteiger partial charge in [-0.25, -0.2) is 19.6 Å². The van der Waals surface area contributed by atoms with E-state index in [2.05, 4.69) is 14.7 Å². The van der Waals surface area contributed by atoms with Crippen LogP contribution in [-0.4, -0.2) is 51.1 Å². The summed E-state index contributed by atoms with van der Waals surface area (Å²) in [5, 5.41) is 0.504. The van der Waals surface area contributed by atoms with Crippen LogP contribution in [0, 0.1) is 0 Å². The van der Waals surface area contributed by atoms with Crippen molar-refractivity contribution in [3.05, 3.63) is 30.1 Å². The lowest BCUT2D eigenvalue weighted by Crippen LogP contribution is -2.50. The van der Waals surface area contributed by atoms with Crippen molar-refractivity contribution in [2.45, 2.75) is 24.6 Å². The first-order valence-corrected chi connectivity index (χ1v) is 7.94. The summed E-state index contributed by atoms with van der Waals surface area (Å²) in [6, 6.07) is 3.36. The lowest BCUT2D eigenvalue weighted by Gasteiger charge is -2.28. The van der Waals surface area contributed by atoms with Crippen molar-refractivity contribution in [1.82, 2.24) is 14.9 Å². The average Bonchev–Trinajstić information content (AvgIpc) is 2.91. The van der Waals surface area contributed by atoms with Gasteiger partial charge < -0.3 is 16.2 Å². The molecule has 2 aromatic rings. The molecule has 1 atom stereocenters. The minimum absolute atomic E-state index is 0.201. The summed E-state index contributed by atoms with van der Waals surface area (Å²) in [6.07, 6.45) is -4.84. The van der Waals surface area contributed by atoms with Crippen LogP contribution in [0.3, 0.4) is 0 Å². The second-order valence-electron chi connectivity index (χ2n) is 6.21. The molecule has 1 aromatic carbocycles. The maximum Gasteiger partial charge on any atom is 0.490 e. The molecule has 4 N–H and O–H groups in total. The monoisotopic (exact) mass is 397 g/mol. The first kappa shape index (κ1) is 19.3. The summed E-state index contributed by atoms with van der Waals surface area (Å²) in [7, 11) is 0. The van der Waals surface area contributed by atoms with E-state index in [1.807, 2.05) is 0 Å². The predicted molar refractivity (Wildman–Crippen MR) is 88.4 cm³/mol. The number of anilines is 1. The zero-order chi connectivity index (χ0) is 20.7. The van der Waals surface area contributed by atoms with Crippen LogP contribution >= 0.6 is 0 Å². The lowest BCUT2D eigenvalue weighted by molar-refractivity contribution is -0.213. The number of hydrogen-bond donors (Lipinski definition) is 2. The van der Waals surface area contributed by atoms with E-state index in [4.69, 9.17) is 11.5 Å². The third-order valence-corrected chi connectivity index (χ3v) is 4.38. The highest BCUT2D eigenvalue weighted by atomic mass is 19.4. The van der Waals surface area contributed by atoms with Crippen LogP contribution in [0.5, 0.6) is 0 Å². The lowest BCUT2D eigenvalue weighted by atomic mass is 9.92. The van der Waals surface area contributed by atoms with E-state index < -0.39 is 36.1 Å². The van der Waals surface area contributed by atoms with E-state index in [9.17, 15) is 27.6 Å². The van der Waals surface area contributed by atoms with E-state index >= 15 is 0 Å². The van der Waals surface area contributed by atoms with Gasteiger partial charge in [0.2, 0.25) is 0 Å². The average molecular weight is 397 g/mol. The molecule has 1 aliphatic heterocycles. The number of carbonyl (C=O) groups is 3. The highest BCUT2D eigenvalue weighted by Crippen LogP contribution is 2.34. The Morgan fingerprint density at radius 1 is 1.29 bits per heavy atom. The zero-order valence-electron chi connectivity index (χ0n) is 14.2. The van der Waals surface area contributed by atoms with Crippen LogP contribution in [0.1, 0.15) is 12.0 Å². The van der Waals surface area contributed by atoms with Gasteiger partial charge in [-0.05, 0) is 17.7 Å². The Hall–Kier alpha value is -3.44. The number of halogens is 3. The van der Waals surface area contributed by atoms with Gasteiger partial charge in [0.25, 0.3) is 5.91 Å². The molecule has 0 unspecified atom stereocenters. The van der Waals surface area contributed by atoms with Gasteiger partial charge >= 0.3 is 18.2 Å². The number of nitrogens with zero attached hydrogens (tertiary/aromatic N) is 3. The number of benzene rings is 1. The smallest absolute Gasteiger partial charge is 0.442 e. The Balaban J connectivity index is 1.99. The molecule has 1 aromatic heterocycles. The fraction of sp³-hybridized carbons (Fsp3) is 0.312. The number of ether oxygens (including phenoxy) is 1. The van der Waals surface area contributed by atoms with Gasteiger partial charge in [0.15, 0.2) is 5.60 Å². The van der Waals surface area contributed by atoms with Gasteiger partial charge in [0.1, 0.15) is 12.1 Å². The maximum atomic E-state index is 12.7. The second-order valence-corrected chi connectivity index (χ2v) is 6.21. The number of carbonyl (C=O) groups excluding carboxylic acids is 3. The van der Waals surface area contributed by atoms with Crippen LogP contribution in [0.4, 0.5) is 23.8 Å². The van der Waals surface area contributed by atoms with Crippen LogP contribution in [0.25, 0.3) is 10.9 Å². The number of urea groups is 1. The van der Waals surface area contributed by atoms with Crippen molar-refractivity contribution in [3.8, 4) is 0 Å². The summed E-state index contributed by atoms with van der Waals surface area (Å²) in [6.45, 7) is -0.276. The molecule has 12 heteroatoms. The number of alkyl halides is 3. The van der Waals surface area contributed by atoms with Gasteiger partial charge in [0, 0.05) is 24.8 Å². The molecule has 0 spiro atoms. The van der Waals surface area contributed by atoms with Crippen LogP contribution in [0.2, 0.25) is 0 Å². The molecule has 9 nitrogen and oxygen atoms in total. The molecule has 3 rings (SSSR count). The Kier molecular flexibility index (Phi) is 4.57. The summed E-state index contributed by atoms with van der Waals surface area (Å²) in [5.41, 5.74) is 9.33. The minimum atomic E-state index is -5.31. The van der Waals surface area contributed by atoms with Crippen LogP contribution in [0.15, 0.2) is 24.5 Å². The highest BCUT2D eigenvalue weighted by molar-refractivity contribution is 6.01. The topological polar surface area (TPSA) is 142 Å². The van der Waals surface area contributed by atoms with Gasteiger partial charge in [-0.2, -0.15) is 13.2 Å². The first-order chi connectivity index (χ1) is 13.0. The number of aromatic nitrogens is 2. The quantitative estimate of drug-likeness (QED) is 0.733. The SMILES string of the molecule is NC(=O)N1CC[C@@](Cc2ccc3c(N)ncnc3c2)(OC(=O)C(F)(F)F)C1=O. The number of nitrogen functional groups attached to an aromatic ring is 1. The van der Waals surface area contributed by atoms with Crippen LogP contribution in [-0.2, 0) is 20.7 Å². The molecular formula is C16H14F3N5O4. The first-order valence-electron chi connectivity index (χ1n) is 7.94. The fourth-order valence-corrected chi connectivity index (χ4v) is 3.05. The van der Waals surface area contributed by atoms with E-state index in [1.54, 1.807) is 0 Å². The number of fused-ring (bicyclic) bond motifs is 1. The van der Waals surface area contributed by atoms with E-state index in [0.717, 1.165) is 0 Å². The van der Waals surface area contributed by atoms with Crippen molar-refractivity contribution in [2.24, 2.45) is 5.73 Å². The number of rotatable bonds is 3. The number of primary amides is 1. The number of hydrogen-bond acceptors (Lipinski definition) is 7. The van der Waals surface area contributed by atoms with Gasteiger partial charge in [-0.3, -0.25) is 9.69 Å². The molecule has 28 heavy (non-hydrogen) atoms. The molecule has 0 aliphatic carbocycles. The molecule has 3 amide bonds. The highest BCUT2D eigenvalue weighted by Gasteiger charge is 2.55. The van der Waals surface area contributed by atoms with Gasteiger partial charge in [-0.15, -0.1) is 0 Å². The maximum absolute atomic E-state index is 12.7. The molecular weight excluding hydrogens is 383 g/mol. The summed E-state index contributed by atoms with van der Waals surface area (Å²) < 4.78 is 42.8. The number of likely N-dealkylation sites (tertiary alicyclic amines) is 1. The molecule has 1 fully saturated rings. The van der Waals surface area contributed by atoms with Crippen molar-refractivity contribution in [1.29, 1.82) is 0 Å². The fourth-order valence-electron chi connectivity index (χ4n) is 3.05. The number of imide groups is 1. The largest absolute Gasteiger partial charge is 0.490 e. The van der Waals surface area contributed by atoms with Gasteiger partial charge in [-0.1, -0.05) is 6.07 Å². The van der Waals surface area contributed by atoms with E-state index in [1.165, 1.54) is 24.5 Å². The van der Waals surface area contributed by atoms with Crippen molar-refractivity contribution < 1.29 is 32.3 Å². The van der Waals surface area contributed by atoms with Crippen molar-refractivity contribution in [2.75, 3.05) is 12.3 Å². The normalized spacial score (nSPS) is 19.8. The standard InChI is InChI=1S/C16H14F3N5O4/c17-16(18,19)13(26)28-15(3-4-24(12(15)25)14(21)27)6-8-1-2-9-10(5-8)22-7-23-11(9)20/h1-2,5,7H,3-4,6H2,(H2,21,27)(H2,20,22,23)/t15-/m0/s1. The third kappa shape index (κ3) is 3.40. The minimum Gasteiger partial charge on any atom is -0.442 e. The molecule has 0 bridgehead atoms. The second kappa shape index (κ2) is 6.62. The summed E-state index contributed by atoms with van der Waals surface area (Å²) in [5.74, 6) is -3.44. The summed E-state index contributed by atoms with van der Waals surface area (Å²) >= 11 is 0. The number of nitrogens with two attached hydrogens (primary N) is 2. The molecule has 1 aliphatic rings. The number of amides is 3. The van der Waals surface area contributed by atoms with Crippen LogP contribution < -0.4 is 11.5 Å². The van der Waals surface area contributed by atoms with Crippen molar-refractivity contribution >= 4 is 34.6 Å². The third-order valence-electron chi connectivity index (χ3n) is 4.38. The zero-order valence-corrected chi connectivity index (χ0v) is 14.2. The number of esters is 1. The van der Waals surface area contributed by atoms with Crippen molar-refractivity contribution in [3.63, 3.8) is 0 Å². The van der Waals surface area contributed by atoms with Gasteiger partial charge in [0.05, 0.1) is 5.52 Å². The Labute approximate surface area is 155 Å². The Bertz CT molecular complexity index is 980. The predicted octanol–water partition coefficient (Wildman–Crippen LogP) is 0.910. The van der Waals surface area contributed by atoms with E-state index in [0.29, 0.717) is 21.4 Å². The molecule has 2 heterocycles. The van der Waals surface area contributed by atoms with E-state index in [-0.39, 0.29) is 18.8 Å². The Morgan fingerprint density at radius 3 is 2.61 bits per heavy atom. The summed E-state index contributed by atoms with van der Waals surface area (Å²) in [4.78, 5) is 43.8. The molecule has 148 valence electrons.